The van der Waals surface area contributed by atoms with Crippen LogP contribution in [0.5, 0.6) is 5.75 Å². The first-order valence-electron chi connectivity index (χ1n) is 10.1. The third-order valence-corrected chi connectivity index (χ3v) is 5.67. The summed E-state index contributed by atoms with van der Waals surface area (Å²) in [5, 5.41) is 5.81. The van der Waals surface area contributed by atoms with Crippen molar-refractivity contribution in [1.29, 1.82) is 0 Å². The van der Waals surface area contributed by atoms with E-state index in [1.54, 1.807) is 6.92 Å². The van der Waals surface area contributed by atoms with Crippen LogP contribution in [0.25, 0.3) is 0 Å². The predicted molar refractivity (Wildman–Crippen MR) is 104 cm³/mol. The molecule has 1 aliphatic carbocycles. The van der Waals surface area contributed by atoms with Crippen LogP contribution in [0.3, 0.4) is 0 Å². The standard InChI is InChI=1S/C21H27F3N2O5/c1-14(27)25-18(2)8-10-20(11-9-18)29-12-19(3,13-30-20)26-17(28)15-4-6-16(7-5-15)31-21(22,23)24/h4-7H,8-13H2,1-3H3,(H,25,27)(H,26,28). The number of carbonyl (C=O) groups excluding carboxylic acids is 2. The topological polar surface area (TPSA) is 85.9 Å². The highest BCUT2D eigenvalue weighted by Crippen LogP contribution is 2.41. The van der Waals surface area contributed by atoms with Gasteiger partial charge >= 0.3 is 6.36 Å². The molecule has 31 heavy (non-hydrogen) atoms. The number of hydrogen-bond donors (Lipinski definition) is 2. The Bertz CT molecular complexity index is 807. The third kappa shape index (κ3) is 6.10. The van der Waals surface area contributed by atoms with Crippen molar-refractivity contribution in [3.63, 3.8) is 0 Å². The molecular weight excluding hydrogens is 417 g/mol. The van der Waals surface area contributed by atoms with Crippen LogP contribution in [0.1, 0.15) is 56.8 Å². The van der Waals surface area contributed by atoms with Gasteiger partial charge in [-0.25, -0.2) is 0 Å². The van der Waals surface area contributed by atoms with Gasteiger partial charge in [0.2, 0.25) is 5.91 Å². The Morgan fingerprint density at radius 1 is 0.935 bits per heavy atom. The lowest BCUT2D eigenvalue weighted by molar-refractivity contribution is -0.303. The summed E-state index contributed by atoms with van der Waals surface area (Å²) in [5.74, 6) is -1.66. The Kier molecular flexibility index (Phi) is 6.25. The lowest BCUT2D eigenvalue weighted by Gasteiger charge is -2.50. The van der Waals surface area contributed by atoms with Gasteiger partial charge in [0, 0.05) is 30.9 Å². The molecule has 0 radical (unpaired) electrons. The zero-order valence-corrected chi connectivity index (χ0v) is 17.7. The number of hydrogen-bond acceptors (Lipinski definition) is 5. The fourth-order valence-corrected chi connectivity index (χ4v) is 3.91. The molecule has 2 N–H and O–H groups in total. The first-order valence-corrected chi connectivity index (χ1v) is 10.1. The molecule has 172 valence electrons. The van der Waals surface area contributed by atoms with Gasteiger partial charge in [-0.05, 0) is 51.0 Å². The molecule has 0 atom stereocenters. The molecule has 0 bridgehead atoms. The van der Waals surface area contributed by atoms with Crippen LogP contribution in [-0.4, -0.2) is 48.3 Å². The van der Waals surface area contributed by atoms with Crippen molar-refractivity contribution in [3.8, 4) is 5.75 Å². The molecule has 1 aromatic carbocycles. The molecule has 1 saturated heterocycles. The molecule has 1 spiro atoms. The molecule has 1 aromatic rings. The van der Waals surface area contributed by atoms with Gasteiger partial charge in [0.05, 0.1) is 18.8 Å². The predicted octanol–water partition coefficient (Wildman–Crippen LogP) is 3.29. The maximum Gasteiger partial charge on any atom is 0.573 e. The van der Waals surface area contributed by atoms with E-state index in [9.17, 15) is 22.8 Å². The average molecular weight is 444 g/mol. The third-order valence-electron chi connectivity index (χ3n) is 5.67. The number of alkyl halides is 3. The van der Waals surface area contributed by atoms with Crippen LogP contribution in [0, 0.1) is 0 Å². The normalized spacial score (nSPS) is 31.2. The van der Waals surface area contributed by atoms with Crippen molar-refractivity contribution in [2.45, 2.75) is 69.7 Å². The van der Waals surface area contributed by atoms with Gasteiger partial charge in [0.1, 0.15) is 5.75 Å². The first-order chi connectivity index (χ1) is 14.3. The zero-order chi connectivity index (χ0) is 22.9. The number of ether oxygens (including phenoxy) is 3. The smallest absolute Gasteiger partial charge is 0.406 e. The number of nitrogens with one attached hydrogen (secondary N) is 2. The van der Waals surface area contributed by atoms with Crippen LogP contribution < -0.4 is 15.4 Å². The van der Waals surface area contributed by atoms with E-state index in [0.717, 1.165) is 12.1 Å². The molecule has 3 rings (SSSR count). The van der Waals surface area contributed by atoms with Crippen molar-refractivity contribution in [2.75, 3.05) is 13.2 Å². The molecule has 0 unspecified atom stereocenters. The van der Waals surface area contributed by atoms with Gasteiger partial charge in [0.15, 0.2) is 5.79 Å². The molecule has 2 aliphatic rings. The van der Waals surface area contributed by atoms with Crippen molar-refractivity contribution in [2.24, 2.45) is 0 Å². The van der Waals surface area contributed by atoms with Crippen LogP contribution in [0.4, 0.5) is 13.2 Å². The summed E-state index contributed by atoms with van der Waals surface area (Å²) in [7, 11) is 0. The van der Waals surface area contributed by atoms with Gasteiger partial charge in [-0.2, -0.15) is 0 Å². The van der Waals surface area contributed by atoms with Gasteiger partial charge < -0.3 is 24.8 Å². The van der Waals surface area contributed by atoms with E-state index < -0.39 is 29.3 Å². The second-order valence-corrected chi connectivity index (χ2v) is 8.82. The molecule has 2 fully saturated rings. The Morgan fingerprint density at radius 3 is 1.97 bits per heavy atom. The Hall–Kier alpha value is -2.33. The minimum atomic E-state index is -4.79. The number of rotatable bonds is 4. The molecule has 10 heteroatoms. The van der Waals surface area contributed by atoms with Crippen molar-refractivity contribution >= 4 is 11.8 Å². The summed E-state index contributed by atoms with van der Waals surface area (Å²) in [6.07, 6.45) is -2.13. The number of halogens is 3. The molecule has 2 amide bonds. The van der Waals surface area contributed by atoms with Gasteiger partial charge in [-0.3, -0.25) is 9.59 Å². The maximum atomic E-state index is 12.5. The van der Waals surface area contributed by atoms with E-state index >= 15 is 0 Å². The van der Waals surface area contributed by atoms with E-state index in [-0.39, 0.29) is 30.2 Å². The van der Waals surface area contributed by atoms with Crippen molar-refractivity contribution < 1.29 is 37.0 Å². The highest BCUT2D eigenvalue weighted by Gasteiger charge is 2.48. The van der Waals surface area contributed by atoms with Crippen LogP contribution >= 0.6 is 0 Å². The fraction of sp³-hybridized carbons (Fsp3) is 0.619. The number of amides is 2. The number of benzene rings is 1. The Balaban J connectivity index is 1.54. The molecular formula is C21H27F3N2O5. The highest BCUT2D eigenvalue weighted by atomic mass is 19.4. The van der Waals surface area contributed by atoms with E-state index in [1.807, 2.05) is 6.92 Å². The van der Waals surface area contributed by atoms with Gasteiger partial charge in [-0.15, -0.1) is 13.2 Å². The molecule has 1 heterocycles. The van der Waals surface area contributed by atoms with Crippen molar-refractivity contribution in [1.82, 2.24) is 10.6 Å². The molecule has 0 aromatic heterocycles. The lowest BCUT2D eigenvalue weighted by Crippen LogP contribution is -2.62. The Labute approximate surface area is 178 Å². The summed E-state index contributed by atoms with van der Waals surface area (Å²) >= 11 is 0. The minimum Gasteiger partial charge on any atom is -0.406 e. The highest BCUT2D eigenvalue weighted by molar-refractivity contribution is 5.94. The molecule has 7 nitrogen and oxygen atoms in total. The molecule has 1 saturated carbocycles. The van der Waals surface area contributed by atoms with E-state index in [0.29, 0.717) is 25.7 Å². The van der Waals surface area contributed by atoms with E-state index in [1.165, 1.54) is 19.1 Å². The zero-order valence-electron chi connectivity index (χ0n) is 17.7. The Morgan fingerprint density at radius 2 is 1.48 bits per heavy atom. The SMILES string of the molecule is CC(=O)NC1(C)CCC2(CC1)OCC(C)(NC(=O)c1ccc(OC(F)(F)F)cc1)CO2. The fourth-order valence-electron chi connectivity index (χ4n) is 3.91. The first kappa shape index (κ1) is 23.3. The van der Waals surface area contributed by atoms with Crippen LogP contribution in [0.2, 0.25) is 0 Å². The summed E-state index contributed by atoms with van der Waals surface area (Å²) in [6.45, 7) is 5.73. The molecule has 1 aliphatic heterocycles. The average Bonchev–Trinajstić information content (AvgIpc) is 2.65. The lowest BCUT2D eigenvalue weighted by atomic mass is 9.79. The minimum absolute atomic E-state index is 0.0720. The van der Waals surface area contributed by atoms with Crippen molar-refractivity contribution in [3.05, 3.63) is 29.8 Å². The summed E-state index contributed by atoms with van der Waals surface area (Å²) in [6, 6.07) is 4.69. The number of carbonyl (C=O) groups is 2. The van der Waals surface area contributed by atoms with Crippen LogP contribution in [0.15, 0.2) is 24.3 Å². The monoisotopic (exact) mass is 444 g/mol. The summed E-state index contributed by atoms with van der Waals surface area (Å²) < 4.78 is 52.7. The quantitative estimate of drug-likeness (QED) is 0.745. The van der Waals surface area contributed by atoms with Gasteiger partial charge in [0.25, 0.3) is 5.91 Å². The largest absolute Gasteiger partial charge is 0.573 e. The van der Waals surface area contributed by atoms with Gasteiger partial charge in [-0.1, -0.05) is 0 Å². The van der Waals surface area contributed by atoms with E-state index in [2.05, 4.69) is 15.4 Å². The second kappa shape index (κ2) is 8.31. The van der Waals surface area contributed by atoms with E-state index in [4.69, 9.17) is 9.47 Å². The maximum absolute atomic E-state index is 12.5. The van der Waals surface area contributed by atoms with Crippen LogP contribution in [-0.2, 0) is 14.3 Å². The second-order valence-electron chi connectivity index (χ2n) is 8.82. The summed E-state index contributed by atoms with van der Waals surface area (Å²) in [5.41, 5.74) is -0.886. The summed E-state index contributed by atoms with van der Waals surface area (Å²) in [4.78, 5) is 23.9.